The zero-order chi connectivity index (χ0) is 25.8. The van der Waals surface area contributed by atoms with Crippen molar-refractivity contribution >= 4 is 5.97 Å². The van der Waals surface area contributed by atoms with Crippen molar-refractivity contribution in [2.45, 2.75) is 71.6 Å². The molecule has 0 heterocycles. The van der Waals surface area contributed by atoms with E-state index in [0.717, 1.165) is 37.7 Å². The maximum atomic E-state index is 15.9. The van der Waals surface area contributed by atoms with Crippen molar-refractivity contribution in [3.05, 3.63) is 83.4 Å². The summed E-state index contributed by atoms with van der Waals surface area (Å²) in [6, 6.07) is 17.1. The van der Waals surface area contributed by atoms with Crippen LogP contribution < -0.4 is 0 Å². The molecular formula is C31H36F2O3. The van der Waals surface area contributed by atoms with E-state index in [9.17, 15) is 9.18 Å². The van der Waals surface area contributed by atoms with Crippen molar-refractivity contribution in [3.63, 3.8) is 0 Å². The van der Waals surface area contributed by atoms with Crippen molar-refractivity contribution in [1.29, 1.82) is 0 Å². The van der Waals surface area contributed by atoms with Crippen LogP contribution in [0.3, 0.4) is 0 Å². The van der Waals surface area contributed by atoms with Crippen LogP contribution in [0, 0.1) is 11.6 Å². The fraction of sp³-hybridized carbons (Fsp3) is 0.387. The summed E-state index contributed by atoms with van der Waals surface area (Å²) in [4.78, 5) is 22.6. The van der Waals surface area contributed by atoms with Crippen molar-refractivity contribution in [2.24, 2.45) is 0 Å². The summed E-state index contributed by atoms with van der Waals surface area (Å²) in [7, 11) is 0. The maximum Gasteiger partial charge on any atom is 0.376 e. The molecule has 0 saturated carbocycles. The summed E-state index contributed by atoms with van der Waals surface area (Å²) >= 11 is 0. The summed E-state index contributed by atoms with van der Waals surface area (Å²) in [5, 5.41) is 0. The number of hydrogen-bond donors (Lipinski definition) is 0. The Hall–Kier alpha value is -3.05. The van der Waals surface area contributed by atoms with E-state index < -0.39 is 11.8 Å². The zero-order valence-corrected chi connectivity index (χ0v) is 21.3. The fourth-order valence-electron chi connectivity index (χ4n) is 4.23. The van der Waals surface area contributed by atoms with Gasteiger partial charge >= 0.3 is 5.97 Å². The van der Waals surface area contributed by atoms with Gasteiger partial charge in [0.1, 0.15) is 11.6 Å². The highest BCUT2D eigenvalue weighted by Gasteiger charge is 2.23. The number of benzene rings is 3. The van der Waals surface area contributed by atoms with Crippen molar-refractivity contribution in [1.82, 2.24) is 0 Å². The lowest BCUT2D eigenvalue weighted by Crippen LogP contribution is -2.10. The van der Waals surface area contributed by atoms with Gasteiger partial charge in [-0.15, -0.1) is 0 Å². The molecule has 0 aliphatic heterocycles. The first-order valence-electron chi connectivity index (χ1n) is 13.1. The molecule has 0 unspecified atom stereocenters. The van der Waals surface area contributed by atoms with Gasteiger partial charge in [-0.2, -0.15) is 4.89 Å². The number of hydrogen-bond acceptors (Lipinski definition) is 3. The van der Waals surface area contributed by atoms with Crippen LogP contribution >= 0.6 is 0 Å². The Morgan fingerprint density at radius 1 is 0.778 bits per heavy atom. The molecule has 0 saturated heterocycles. The summed E-state index contributed by atoms with van der Waals surface area (Å²) < 4.78 is 30.7. The van der Waals surface area contributed by atoms with Crippen LogP contribution in [0.2, 0.25) is 0 Å². The third-order valence-electron chi connectivity index (χ3n) is 6.30. The molecule has 0 N–H and O–H groups in total. The molecule has 0 spiro atoms. The molecule has 3 rings (SSSR count). The summed E-state index contributed by atoms with van der Waals surface area (Å²) in [6.07, 6.45) is 8.89. The van der Waals surface area contributed by atoms with Gasteiger partial charge in [-0.1, -0.05) is 101 Å². The summed E-state index contributed by atoms with van der Waals surface area (Å²) in [5.74, 6) is -2.04. The normalized spacial score (nSPS) is 11.0. The smallest absolute Gasteiger partial charge is 0.293 e. The molecule has 0 atom stereocenters. The second kappa shape index (κ2) is 14.5. The van der Waals surface area contributed by atoms with E-state index in [-0.39, 0.29) is 23.6 Å². The van der Waals surface area contributed by atoms with Crippen molar-refractivity contribution < 1.29 is 23.4 Å². The average Bonchev–Trinajstić information content (AvgIpc) is 2.89. The first kappa shape index (κ1) is 27.5. The predicted octanol–water partition coefficient (Wildman–Crippen LogP) is 9.09. The fourth-order valence-corrected chi connectivity index (χ4v) is 4.23. The number of rotatable bonds is 14. The molecule has 0 aromatic heterocycles. The van der Waals surface area contributed by atoms with Crippen molar-refractivity contribution in [2.75, 3.05) is 6.61 Å². The van der Waals surface area contributed by atoms with Gasteiger partial charge < -0.3 is 0 Å². The lowest BCUT2D eigenvalue weighted by Gasteiger charge is -2.15. The van der Waals surface area contributed by atoms with E-state index >= 15 is 4.39 Å². The number of halogens is 2. The molecule has 3 aromatic carbocycles. The first-order chi connectivity index (χ1) is 17.6. The number of carbonyl (C=O) groups is 1. The Kier molecular flexibility index (Phi) is 11.1. The monoisotopic (exact) mass is 494 g/mol. The second-order valence-corrected chi connectivity index (χ2v) is 9.09. The largest absolute Gasteiger partial charge is 0.376 e. The Bertz CT molecular complexity index is 1110. The number of aryl methyl sites for hydroxylation is 1. The van der Waals surface area contributed by atoms with E-state index in [1.807, 2.05) is 30.3 Å². The van der Waals surface area contributed by atoms with Gasteiger partial charge in [0.2, 0.25) is 0 Å². The van der Waals surface area contributed by atoms with Gasteiger partial charge in [0, 0.05) is 5.56 Å². The Morgan fingerprint density at radius 2 is 1.50 bits per heavy atom. The third kappa shape index (κ3) is 7.47. The minimum Gasteiger partial charge on any atom is -0.293 e. The van der Waals surface area contributed by atoms with Gasteiger partial charge in [0.25, 0.3) is 0 Å². The van der Waals surface area contributed by atoms with Crippen LogP contribution in [-0.2, 0) is 16.2 Å². The van der Waals surface area contributed by atoms with Gasteiger partial charge in [0.05, 0.1) is 12.2 Å². The summed E-state index contributed by atoms with van der Waals surface area (Å²) in [5.41, 5.74) is 2.21. The Morgan fingerprint density at radius 3 is 2.22 bits per heavy atom. The minimum atomic E-state index is -0.903. The number of carbonyl (C=O) groups excluding carboxylic acids is 1. The average molecular weight is 495 g/mol. The number of unbranched alkanes of at least 4 members (excludes halogenated alkanes) is 6. The lowest BCUT2D eigenvalue weighted by molar-refractivity contribution is -0.241. The molecule has 0 amide bonds. The van der Waals surface area contributed by atoms with Crippen LogP contribution in [0.4, 0.5) is 8.78 Å². The van der Waals surface area contributed by atoms with Crippen molar-refractivity contribution in [3.8, 4) is 22.3 Å². The van der Waals surface area contributed by atoms with Crippen LogP contribution in [0.15, 0.2) is 60.7 Å². The van der Waals surface area contributed by atoms with Gasteiger partial charge in [-0.05, 0) is 53.6 Å². The minimum absolute atomic E-state index is 0.160. The quantitative estimate of drug-likeness (QED) is 0.127. The predicted molar refractivity (Wildman–Crippen MR) is 141 cm³/mol. The highest BCUT2D eigenvalue weighted by Crippen LogP contribution is 2.37. The third-order valence-corrected chi connectivity index (χ3v) is 6.30. The van der Waals surface area contributed by atoms with Crippen LogP contribution in [0.25, 0.3) is 22.3 Å². The SMILES string of the molecule is CCCCCCCCOOC(=O)c1ccc(-c2ccccc2)c(-c2ccc(CCCC)c(F)c2)c1F. The van der Waals surface area contributed by atoms with E-state index in [1.165, 1.54) is 31.4 Å². The Balaban J connectivity index is 1.83. The molecule has 0 fully saturated rings. The molecular weight excluding hydrogens is 458 g/mol. The molecule has 5 heteroatoms. The summed E-state index contributed by atoms with van der Waals surface area (Å²) in [6.45, 7) is 4.48. The molecule has 0 radical (unpaired) electrons. The van der Waals surface area contributed by atoms with E-state index in [0.29, 0.717) is 23.1 Å². The molecule has 0 aliphatic carbocycles. The molecule has 3 nitrogen and oxygen atoms in total. The van der Waals surface area contributed by atoms with Crippen LogP contribution in [-0.4, -0.2) is 12.6 Å². The van der Waals surface area contributed by atoms with E-state index in [2.05, 4.69) is 13.8 Å². The van der Waals surface area contributed by atoms with Gasteiger partial charge in [-0.3, -0.25) is 4.89 Å². The highest BCUT2D eigenvalue weighted by molar-refractivity contribution is 5.95. The molecule has 3 aromatic rings. The van der Waals surface area contributed by atoms with Gasteiger partial charge in [-0.25, -0.2) is 13.6 Å². The topological polar surface area (TPSA) is 35.5 Å². The maximum absolute atomic E-state index is 15.9. The standard InChI is InChI=1S/C31H36F2O3/c1-3-5-7-8-9-13-21-35-36-31(34)27-20-19-26(23-15-11-10-12-16-23)29(30(27)33)25-18-17-24(14-6-4-2)28(32)22-25/h10-12,15-20,22H,3-9,13-14,21H2,1-2H3. The highest BCUT2D eigenvalue weighted by atomic mass is 19.1. The Labute approximate surface area is 213 Å². The first-order valence-corrected chi connectivity index (χ1v) is 13.1. The molecule has 0 bridgehead atoms. The molecule has 0 aliphatic rings. The van der Waals surface area contributed by atoms with E-state index in [4.69, 9.17) is 9.78 Å². The van der Waals surface area contributed by atoms with Crippen LogP contribution in [0.5, 0.6) is 0 Å². The zero-order valence-electron chi connectivity index (χ0n) is 21.3. The molecule has 36 heavy (non-hydrogen) atoms. The second-order valence-electron chi connectivity index (χ2n) is 9.09. The van der Waals surface area contributed by atoms with Crippen LogP contribution in [0.1, 0.15) is 81.1 Å². The molecule has 192 valence electrons. The van der Waals surface area contributed by atoms with Gasteiger partial charge in [0.15, 0.2) is 0 Å². The lowest BCUT2D eigenvalue weighted by atomic mass is 9.91. The van der Waals surface area contributed by atoms with E-state index in [1.54, 1.807) is 18.2 Å².